The van der Waals surface area contributed by atoms with E-state index in [4.69, 9.17) is 14.2 Å². The highest BCUT2D eigenvalue weighted by Crippen LogP contribution is 2.38. The minimum atomic E-state index is -0.898. The summed E-state index contributed by atoms with van der Waals surface area (Å²) in [5, 5.41) is 0. The van der Waals surface area contributed by atoms with E-state index >= 15 is 8.78 Å². The van der Waals surface area contributed by atoms with Gasteiger partial charge in [-0.3, -0.25) is 0 Å². The molecule has 7 heteroatoms. The topological polar surface area (TPSA) is 44.8 Å². The Labute approximate surface area is 221 Å². The van der Waals surface area contributed by atoms with Crippen LogP contribution in [-0.4, -0.2) is 25.3 Å². The lowest BCUT2D eigenvalue weighted by molar-refractivity contribution is 0.0230. The average molecular weight is 527 g/mol. The molecule has 3 aromatic rings. The zero-order chi connectivity index (χ0) is 27.1. The molecule has 1 fully saturated rings. The van der Waals surface area contributed by atoms with Gasteiger partial charge in [0.15, 0.2) is 11.6 Å². The zero-order valence-electron chi connectivity index (χ0n) is 21.8. The molecule has 0 N–H and O–H groups in total. The van der Waals surface area contributed by atoms with Crippen LogP contribution >= 0.6 is 0 Å². The van der Waals surface area contributed by atoms with Crippen molar-refractivity contribution in [3.63, 3.8) is 0 Å². The fourth-order valence-electron chi connectivity index (χ4n) is 4.82. The number of carbonyl (C=O) groups is 1. The average Bonchev–Trinajstić information content (AvgIpc) is 2.92. The second-order valence-corrected chi connectivity index (χ2v) is 9.52. The first kappa shape index (κ1) is 27.7. The minimum absolute atomic E-state index is 0.0330. The van der Waals surface area contributed by atoms with Crippen molar-refractivity contribution in [3.05, 3.63) is 83.2 Å². The third-order valence-corrected chi connectivity index (χ3v) is 6.92. The maximum atomic E-state index is 15.1. The van der Waals surface area contributed by atoms with E-state index in [9.17, 15) is 9.18 Å². The predicted molar refractivity (Wildman–Crippen MR) is 140 cm³/mol. The van der Waals surface area contributed by atoms with Crippen molar-refractivity contribution >= 4 is 5.97 Å². The van der Waals surface area contributed by atoms with Gasteiger partial charge in [0.25, 0.3) is 0 Å². The van der Waals surface area contributed by atoms with E-state index in [1.807, 2.05) is 0 Å². The molecular weight excluding hydrogens is 493 g/mol. The minimum Gasteiger partial charge on any atom is -0.494 e. The van der Waals surface area contributed by atoms with Gasteiger partial charge in [-0.2, -0.15) is 0 Å². The van der Waals surface area contributed by atoms with Gasteiger partial charge in [-0.25, -0.2) is 18.0 Å². The van der Waals surface area contributed by atoms with Gasteiger partial charge in [0, 0.05) is 18.2 Å². The highest BCUT2D eigenvalue weighted by molar-refractivity contribution is 5.91. The summed E-state index contributed by atoms with van der Waals surface area (Å²) in [7, 11) is 0. The van der Waals surface area contributed by atoms with Crippen LogP contribution < -0.4 is 9.47 Å². The third-order valence-electron chi connectivity index (χ3n) is 6.92. The number of hydrogen-bond donors (Lipinski definition) is 0. The van der Waals surface area contributed by atoms with Crippen molar-refractivity contribution in [1.82, 2.24) is 0 Å². The fourth-order valence-corrected chi connectivity index (χ4v) is 4.82. The highest BCUT2D eigenvalue weighted by Gasteiger charge is 2.27. The first-order valence-electron chi connectivity index (χ1n) is 13.3. The van der Waals surface area contributed by atoms with Gasteiger partial charge in [-0.15, -0.1) is 0 Å². The van der Waals surface area contributed by atoms with Gasteiger partial charge in [0.05, 0.1) is 18.3 Å². The molecule has 0 saturated heterocycles. The number of benzene rings is 3. The molecule has 1 aliphatic rings. The summed E-state index contributed by atoms with van der Waals surface area (Å²) in [6, 6.07) is 13.2. The molecule has 0 radical (unpaired) electrons. The van der Waals surface area contributed by atoms with E-state index in [2.05, 4.69) is 6.92 Å². The Morgan fingerprint density at radius 3 is 2.24 bits per heavy atom. The Morgan fingerprint density at radius 2 is 1.58 bits per heavy atom. The summed E-state index contributed by atoms with van der Waals surface area (Å²) in [5.41, 5.74) is 0.732. The second-order valence-electron chi connectivity index (χ2n) is 9.52. The first-order valence-corrected chi connectivity index (χ1v) is 13.3. The molecule has 0 unspecified atom stereocenters. The quantitative estimate of drug-likeness (QED) is 0.152. The zero-order valence-corrected chi connectivity index (χ0v) is 21.8. The molecule has 3 aromatic carbocycles. The Kier molecular flexibility index (Phi) is 9.45. The van der Waals surface area contributed by atoms with Gasteiger partial charge in [0.1, 0.15) is 17.3 Å². The molecule has 1 aliphatic carbocycles. The van der Waals surface area contributed by atoms with Crippen LogP contribution in [0.1, 0.15) is 74.2 Å². The number of carbonyl (C=O) groups excluding carboxylic acids is 1. The molecular formula is C31H33F3O4. The Balaban J connectivity index is 1.41. The maximum Gasteiger partial charge on any atom is 0.346 e. The van der Waals surface area contributed by atoms with Gasteiger partial charge < -0.3 is 14.2 Å². The van der Waals surface area contributed by atoms with E-state index in [0.29, 0.717) is 23.5 Å². The van der Waals surface area contributed by atoms with Crippen molar-refractivity contribution in [1.29, 1.82) is 0 Å². The van der Waals surface area contributed by atoms with E-state index in [-0.39, 0.29) is 28.9 Å². The van der Waals surface area contributed by atoms with Crippen LogP contribution in [0.3, 0.4) is 0 Å². The number of halogens is 3. The molecule has 0 amide bonds. The van der Waals surface area contributed by atoms with Crippen LogP contribution in [0.2, 0.25) is 0 Å². The Hall–Kier alpha value is -3.32. The predicted octanol–water partition coefficient (Wildman–Crippen LogP) is 8.23. The molecule has 202 valence electrons. The SMILES string of the molecule is CCCCOC1CCC(c2ccc(-c3ccc(OC(=O)c4ccc(OCC)cc4F)cc3)c(F)c2F)CC1. The maximum absolute atomic E-state index is 15.1. The van der Waals surface area contributed by atoms with Crippen molar-refractivity contribution in [2.75, 3.05) is 13.2 Å². The fraction of sp³-hybridized carbons (Fsp3) is 0.387. The standard InChI is InChI=1S/C31H33F3O4/c1-3-5-18-37-22-10-6-20(7-11-22)25-16-17-26(30(34)29(25)33)21-8-12-23(13-9-21)38-31(35)27-15-14-24(36-4-2)19-28(27)32/h8-9,12-17,19-20,22H,3-7,10-11,18H2,1-2H3. The van der Waals surface area contributed by atoms with Crippen LogP contribution in [0.15, 0.2) is 54.6 Å². The second kappa shape index (κ2) is 13.0. The van der Waals surface area contributed by atoms with Gasteiger partial charge in [-0.05, 0) is 80.3 Å². The summed E-state index contributed by atoms with van der Waals surface area (Å²) >= 11 is 0. The monoisotopic (exact) mass is 526 g/mol. The number of rotatable bonds is 10. The van der Waals surface area contributed by atoms with Crippen LogP contribution in [-0.2, 0) is 4.74 Å². The summed E-state index contributed by atoms with van der Waals surface area (Å²) < 4.78 is 60.9. The largest absolute Gasteiger partial charge is 0.494 e. The van der Waals surface area contributed by atoms with E-state index in [1.54, 1.807) is 19.1 Å². The van der Waals surface area contributed by atoms with Crippen molar-refractivity contribution in [2.45, 2.75) is 64.4 Å². The lowest BCUT2D eigenvalue weighted by Crippen LogP contribution is -2.22. The van der Waals surface area contributed by atoms with Gasteiger partial charge in [-0.1, -0.05) is 37.6 Å². The van der Waals surface area contributed by atoms with E-state index < -0.39 is 23.4 Å². The number of ether oxygens (including phenoxy) is 3. The molecule has 0 aliphatic heterocycles. The van der Waals surface area contributed by atoms with E-state index in [1.165, 1.54) is 36.4 Å². The Morgan fingerprint density at radius 1 is 0.868 bits per heavy atom. The van der Waals surface area contributed by atoms with Crippen molar-refractivity contribution in [2.24, 2.45) is 0 Å². The molecule has 4 rings (SSSR count). The molecule has 38 heavy (non-hydrogen) atoms. The first-order chi connectivity index (χ1) is 18.4. The summed E-state index contributed by atoms with van der Waals surface area (Å²) in [6.45, 7) is 5.02. The van der Waals surface area contributed by atoms with Gasteiger partial charge >= 0.3 is 5.97 Å². The normalized spacial score (nSPS) is 17.3. The van der Waals surface area contributed by atoms with Crippen molar-refractivity contribution in [3.8, 4) is 22.6 Å². The molecule has 0 aromatic heterocycles. The lowest BCUT2D eigenvalue weighted by atomic mass is 9.82. The molecule has 0 heterocycles. The number of esters is 1. The number of unbranched alkanes of at least 4 members (excludes halogenated alkanes) is 1. The summed E-state index contributed by atoms with van der Waals surface area (Å²) in [5.74, 6) is -2.91. The van der Waals surface area contributed by atoms with Crippen LogP contribution in [0, 0.1) is 17.5 Å². The third kappa shape index (κ3) is 6.57. The molecule has 0 spiro atoms. The molecule has 1 saturated carbocycles. The van der Waals surface area contributed by atoms with E-state index in [0.717, 1.165) is 51.2 Å². The lowest BCUT2D eigenvalue weighted by Gasteiger charge is -2.29. The van der Waals surface area contributed by atoms with Crippen LogP contribution in [0.25, 0.3) is 11.1 Å². The smallest absolute Gasteiger partial charge is 0.346 e. The highest BCUT2D eigenvalue weighted by atomic mass is 19.2. The molecule has 0 atom stereocenters. The summed E-state index contributed by atoms with van der Waals surface area (Å²) in [6.07, 6.45) is 5.54. The van der Waals surface area contributed by atoms with Gasteiger partial charge in [0.2, 0.25) is 0 Å². The van der Waals surface area contributed by atoms with Crippen LogP contribution in [0.5, 0.6) is 11.5 Å². The molecule has 4 nitrogen and oxygen atoms in total. The van der Waals surface area contributed by atoms with Crippen LogP contribution in [0.4, 0.5) is 13.2 Å². The van der Waals surface area contributed by atoms with Crippen molar-refractivity contribution < 1.29 is 32.2 Å². The number of hydrogen-bond acceptors (Lipinski definition) is 4. The summed E-state index contributed by atoms with van der Waals surface area (Å²) in [4.78, 5) is 12.4. The Bertz CT molecular complexity index is 1230. The molecule has 0 bridgehead atoms.